The number of ether oxygens (including phenoxy) is 1. The summed E-state index contributed by atoms with van der Waals surface area (Å²) in [5.41, 5.74) is 1.24. The van der Waals surface area contributed by atoms with E-state index in [1.165, 1.54) is 5.56 Å². The monoisotopic (exact) mass is 320 g/mol. The summed E-state index contributed by atoms with van der Waals surface area (Å²) in [7, 11) is 1.70. The minimum Gasteiger partial charge on any atom is -0.385 e. The molecule has 0 unspecified atom stereocenters. The molecule has 2 rings (SSSR count). The van der Waals surface area contributed by atoms with Crippen molar-refractivity contribution in [3.8, 4) is 0 Å². The molecule has 0 saturated carbocycles. The summed E-state index contributed by atoms with van der Waals surface area (Å²) in [6, 6.07) is 9.75. The minimum absolute atomic E-state index is 0.632. The highest BCUT2D eigenvalue weighted by atomic mass is 35.5. The summed E-state index contributed by atoms with van der Waals surface area (Å²) in [4.78, 5) is 8.62. The number of hydrogen-bond acceptors (Lipinski definition) is 5. The van der Waals surface area contributed by atoms with Crippen LogP contribution in [0.5, 0.6) is 0 Å². The Kier molecular flexibility index (Phi) is 6.93. The van der Waals surface area contributed by atoms with Crippen molar-refractivity contribution in [3.63, 3.8) is 0 Å². The SMILES string of the molecule is COCCCNc1nccc(NCCc2ccc(Cl)cc2)n1. The Morgan fingerprint density at radius 3 is 2.68 bits per heavy atom. The highest BCUT2D eigenvalue weighted by molar-refractivity contribution is 6.30. The molecule has 2 aromatic rings. The van der Waals surface area contributed by atoms with Crippen LogP contribution in [0.2, 0.25) is 5.02 Å². The second-order valence-corrected chi connectivity index (χ2v) is 5.28. The number of hydrogen-bond donors (Lipinski definition) is 2. The van der Waals surface area contributed by atoms with Crippen LogP contribution in [0.25, 0.3) is 0 Å². The standard InChI is InChI=1S/C16H21ClN4O/c1-22-12-2-9-19-16-20-11-8-15(21-16)18-10-7-13-3-5-14(17)6-4-13/h3-6,8,11H,2,7,9-10,12H2,1H3,(H2,18,19,20,21). The smallest absolute Gasteiger partial charge is 0.224 e. The van der Waals surface area contributed by atoms with Crippen molar-refractivity contribution in [2.45, 2.75) is 12.8 Å². The maximum absolute atomic E-state index is 5.87. The van der Waals surface area contributed by atoms with Crippen LogP contribution in [0.4, 0.5) is 11.8 Å². The van der Waals surface area contributed by atoms with Crippen LogP contribution in [-0.2, 0) is 11.2 Å². The molecule has 2 N–H and O–H groups in total. The molecule has 0 saturated heterocycles. The van der Waals surface area contributed by atoms with E-state index in [0.717, 1.165) is 43.4 Å². The first-order valence-electron chi connectivity index (χ1n) is 7.32. The summed E-state index contributed by atoms with van der Waals surface area (Å²) in [5, 5.41) is 7.24. The molecule has 0 atom stereocenters. The van der Waals surface area contributed by atoms with E-state index in [4.69, 9.17) is 16.3 Å². The first kappa shape index (κ1) is 16.5. The fourth-order valence-corrected chi connectivity index (χ4v) is 2.07. The third-order valence-corrected chi connectivity index (χ3v) is 3.35. The molecule has 0 radical (unpaired) electrons. The quantitative estimate of drug-likeness (QED) is 0.695. The Balaban J connectivity index is 1.76. The van der Waals surface area contributed by atoms with Crippen molar-refractivity contribution >= 4 is 23.4 Å². The molecule has 5 nitrogen and oxygen atoms in total. The summed E-state index contributed by atoms with van der Waals surface area (Å²) in [6.45, 7) is 2.33. The van der Waals surface area contributed by atoms with Crippen LogP contribution in [0.3, 0.4) is 0 Å². The number of anilines is 2. The molecule has 1 aromatic heterocycles. The Morgan fingerprint density at radius 1 is 1.09 bits per heavy atom. The zero-order chi connectivity index (χ0) is 15.6. The molecular formula is C16H21ClN4O. The number of nitrogens with one attached hydrogen (secondary N) is 2. The van der Waals surface area contributed by atoms with Gasteiger partial charge in [0.05, 0.1) is 0 Å². The third kappa shape index (κ3) is 5.87. The van der Waals surface area contributed by atoms with Gasteiger partial charge in [-0.1, -0.05) is 23.7 Å². The van der Waals surface area contributed by atoms with Gasteiger partial charge in [0.15, 0.2) is 0 Å². The fourth-order valence-electron chi connectivity index (χ4n) is 1.95. The molecule has 1 aromatic carbocycles. The average molecular weight is 321 g/mol. The maximum atomic E-state index is 5.87. The van der Waals surface area contributed by atoms with E-state index in [1.54, 1.807) is 13.3 Å². The second kappa shape index (κ2) is 9.23. The fraction of sp³-hybridized carbons (Fsp3) is 0.375. The highest BCUT2D eigenvalue weighted by Crippen LogP contribution is 2.10. The molecule has 22 heavy (non-hydrogen) atoms. The number of rotatable bonds is 9. The van der Waals surface area contributed by atoms with Crippen molar-refractivity contribution in [3.05, 3.63) is 47.1 Å². The lowest BCUT2D eigenvalue weighted by atomic mass is 10.1. The van der Waals surface area contributed by atoms with Crippen LogP contribution in [0.15, 0.2) is 36.5 Å². The molecule has 0 fully saturated rings. The summed E-state index contributed by atoms with van der Waals surface area (Å²) >= 11 is 5.87. The van der Waals surface area contributed by atoms with Crippen molar-refractivity contribution in [1.82, 2.24) is 9.97 Å². The number of halogens is 1. The summed E-state index contributed by atoms with van der Waals surface area (Å²) in [5.74, 6) is 1.45. The van der Waals surface area contributed by atoms with Crippen LogP contribution >= 0.6 is 11.6 Å². The van der Waals surface area contributed by atoms with Crippen molar-refractivity contribution in [1.29, 1.82) is 0 Å². The van der Waals surface area contributed by atoms with Gasteiger partial charge >= 0.3 is 0 Å². The van der Waals surface area contributed by atoms with Gasteiger partial charge in [-0.05, 0) is 36.6 Å². The van der Waals surface area contributed by atoms with E-state index in [9.17, 15) is 0 Å². The number of aromatic nitrogens is 2. The van der Waals surface area contributed by atoms with E-state index in [2.05, 4.69) is 20.6 Å². The maximum Gasteiger partial charge on any atom is 0.224 e. The average Bonchev–Trinajstić information content (AvgIpc) is 2.54. The molecule has 118 valence electrons. The van der Waals surface area contributed by atoms with E-state index in [1.807, 2.05) is 30.3 Å². The van der Waals surface area contributed by atoms with Gasteiger partial charge in [-0.3, -0.25) is 0 Å². The first-order chi connectivity index (χ1) is 10.8. The molecule has 0 aliphatic carbocycles. The van der Waals surface area contributed by atoms with E-state index < -0.39 is 0 Å². The molecule has 6 heteroatoms. The van der Waals surface area contributed by atoms with Gasteiger partial charge in [0.25, 0.3) is 0 Å². The van der Waals surface area contributed by atoms with Crippen LogP contribution in [0.1, 0.15) is 12.0 Å². The van der Waals surface area contributed by atoms with E-state index >= 15 is 0 Å². The lowest BCUT2D eigenvalue weighted by Crippen LogP contribution is -2.10. The Bertz CT molecular complexity index is 562. The van der Waals surface area contributed by atoms with Gasteiger partial charge in [0.1, 0.15) is 5.82 Å². The lowest BCUT2D eigenvalue weighted by molar-refractivity contribution is 0.197. The largest absolute Gasteiger partial charge is 0.385 e. The zero-order valence-corrected chi connectivity index (χ0v) is 13.4. The molecule has 0 aliphatic rings. The van der Waals surface area contributed by atoms with Gasteiger partial charge in [-0.2, -0.15) is 4.98 Å². The van der Waals surface area contributed by atoms with E-state index in [-0.39, 0.29) is 0 Å². The van der Waals surface area contributed by atoms with Crippen molar-refractivity contribution in [2.75, 3.05) is 37.4 Å². The molecule has 0 amide bonds. The van der Waals surface area contributed by atoms with Gasteiger partial charge in [0, 0.05) is 38.0 Å². The lowest BCUT2D eigenvalue weighted by Gasteiger charge is -2.08. The molecule has 0 aliphatic heterocycles. The van der Waals surface area contributed by atoms with Crippen LogP contribution < -0.4 is 10.6 Å². The Morgan fingerprint density at radius 2 is 1.91 bits per heavy atom. The van der Waals surface area contributed by atoms with Gasteiger partial charge in [-0.25, -0.2) is 4.98 Å². The molecule has 0 spiro atoms. The van der Waals surface area contributed by atoms with Gasteiger partial charge in [0.2, 0.25) is 5.95 Å². The number of methoxy groups -OCH3 is 1. The second-order valence-electron chi connectivity index (χ2n) is 4.84. The van der Waals surface area contributed by atoms with Crippen LogP contribution in [-0.4, -0.2) is 36.8 Å². The third-order valence-electron chi connectivity index (χ3n) is 3.10. The summed E-state index contributed by atoms with van der Waals surface area (Å²) < 4.78 is 5.00. The normalized spacial score (nSPS) is 10.5. The number of benzene rings is 1. The predicted molar refractivity (Wildman–Crippen MR) is 90.7 cm³/mol. The van der Waals surface area contributed by atoms with Gasteiger partial charge < -0.3 is 15.4 Å². The minimum atomic E-state index is 0.632. The van der Waals surface area contributed by atoms with E-state index in [0.29, 0.717) is 5.95 Å². The predicted octanol–water partition coefficient (Wildman–Crippen LogP) is 3.23. The topological polar surface area (TPSA) is 59.1 Å². The Labute approximate surface area is 136 Å². The summed E-state index contributed by atoms with van der Waals surface area (Å²) in [6.07, 6.45) is 3.59. The zero-order valence-electron chi connectivity index (χ0n) is 12.7. The van der Waals surface area contributed by atoms with Crippen molar-refractivity contribution in [2.24, 2.45) is 0 Å². The molecular weight excluding hydrogens is 300 g/mol. The van der Waals surface area contributed by atoms with Gasteiger partial charge in [-0.15, -0.1) is 0 Å². The molecule has 0 bridgehead atoms. The molecule has 1 heterocycles. The van der Waals surface area contributed by atoms with Crippen LogP contribution in [0, 0.1) is 0 Å². The first-order valence-corrected chi connectivity index (χ1v) is 7.70. The number of nitrogens with zero attached hydrogens (tertiary/aromatic N) is 2. The highest BCUT2D eigenvalue weighted by Gasteiger charge is 1.99. The van der Waals surface area contributed by atoms with Crippen molar-refractivity contribution < 1.29 is 4.74 Å². The Hall–Kier alpha value is -1.85.